The van der Waals surface area contributed by atoms with Crippen molar-refractivity contribution in [3.8, 4) is 0 Å². The summed E-state index contributed by atoms with van der Waals surface area (Å²) in [7, 11) is 1.89. The van der Waals surface area contributed by atoms with E-state index in [0.29, 0.717) is 10.0 Å². The minimum atomic E-state index is -0.216. The molecule has 0 fully saturated rings. The summed E-state index contributed by atoms with van der Waals surface area (Å²) in [6, 6.07) is 12.5. The second-order valence-electron chi connectivity index (χ2n) is 4.73. The molecule has 0 saturated carbocycles. The molecule has 0 amide bonds. The summed E-state index contributed by atoms with van der Waals surface area (Å²) >= 11 is 13.6. The molecule has 0 aliphatic rings. The van der Waals surface area contributed by atoms with Crippen molar-refractivity contribution < 1.29 is 4.39 Å². The predicted octanol–water partition coefficient (Wildman–Crippen LogP) is 5.66. The number of nitrogens with one attached hydrogen (secondary N) is 1. The molecular weight excluding hydrogens is 328 g/mol. The van der Waals surface area contributed by atoms with Crippen LogP contribution in [-0.4, -0.2) is 7.05 Å². The third kappa shape index (κ3) is 2.92. The number of halogens is 3. The lowest BCUT2D eigenvalue weighted by molar-refractivity contribution is 0.630. The Labute approximate surface area is 136 Å². The molecule has 0 aliphatic carbocycles. The molecule has 1 atom stereocenters. The third-order valence-corrected chi connectivity index (χ3v) is 5.25. The Morgan fingerprint density at radius 1 is 1.05 bits per heavy atom. The first-order valence-corrected chi connectivity index (χ1v) is 7.97. The van der Waals surface area contributed by atoms with Crippen LogP contribution in [0.15, 0.2) is 42.5 Å². The van der Waals surface area contributed by atoms with Gasteiger partial charge in [-0.25, -0.2) is 4.39 Å². The Hall–Kier alpha value is -1.13. The molecular formula is C16H12Cl2FNS. The molecule has 3 rings (SSSR count). The minimum absolute atomic E-state index is 0.000211. The molecule has 0 spiro atoms. The summed E-state index contributed by atoms with van der Waals surface area (Å²) in [6.07, 6.45) is 0. The number of hydrogen-bond donors (Lipinski definition) is 1. The van der Waals surface area contributed by atoms with Crippen molar-refractivity contribution in [1.82, 2.24) is 5.32 Å². The van der Waals surface area contributed by atoms with E-state index in [1.807, 2.05) is 19.2 Å². The monoisotopic (exact) mass is 339 g/mol. The maximum absolute atomic E-state index is 13.3. The highest BCUT2D eigenvalue weighted by Gasteiger charge is 2.16. The second kappa shape index (κ2) is 5.93. The lowest BCUT2D eigenvalue weighted by atomic mass is 10.1. The van der Waals surface area contributed by atoms with Gasteiger partial charge in [0, 0.05) is 9.58 Å². The van der Waals surface area contributed by atoms with Gasteiger partial charge < -0.3 is 5.32 Å². The minimum Gasteiger partial charge on any atom is -0.309 e. The van der Waals surface area contributed by atoms with Crippen LogP contribution in [0.1, 0.15) is 16.5 Å². The first-order valence-electron chi connectivity index (χ1n) is 6.39. The summed E-state index contributed by atoms with van der Waals surface area (Å²) < 4.78 is 14.2. The fraction of sp³-hybridized carbons (Fsp3) is 0.125. The van der Waals surface area contributed by atoms with Gasteiger partial charge in [-0.2, -0.15) is 0 Å². The standard InChI is InChI=1S/C16H12Cl2FNS/c1-20-16(10-3-5-12(17)13(18)6-10)15-7-9-2-4-11(19)8-14(9)21-15/h2-8,16,20H,1H3. The van der Waals surface area contributed by atoms with E-state index in [-0.39, 0.29) is 11.9 Å². The van der Waals surface area contributed by atoms with E-state index >= 15 is 0 Å². The molecule has 0 radical (unpaired) electrons. The van der Waals surface area contributed by atoms with Gasteiger partial charge in [0.2, 0.25) is 0 Å². The SMILES string of the molecule is CNC(c1ccc(Cl)c(Cl)c1)c1cc2ccc(F)cc2s1. The van der Waals surface area contributed by atoms with Gasteiger partial charge in [0.25, 0.3) is 0 Å². The topological polar surface area (TPSA) is 12.0 Å². The first-order chi connectivity index (χ1) is 10.1. The average Bonchev–Trinajstić information content (AvgIpc) is 2.86. The van der Waals surface area contributed by atoms with Crippen LogP contribution in [0.5, 0.6) is 0 Å². The van der Waals surface area contributed by atoms with Gasteiger partial charge in [0.15, 0.2) is 0 Å². The highest BCUT2D eigenvalue weighted by Crippen LogP contribution is 2.35. The molecule has 0 aliphatic heterocycles. The number of thiophene rings is 1. The number of hydrogen-bond acceptors (Lipinski definition) is 2. The summed E-state index contributed by atoms with van der Waals surface area (Å²) in [4.78, 5) is 1.11. The molecule has 0 saturated heterocycles. The average molecular weight is 340 g/mol. The van der Waals surface area contributed by atoms with Crippen molar-refractivity contribution in [1.29, 1.82) is 0 Å². The Balaban J connectivity index is 2.06. The first kappa shape index (κ1) is 14.8. The van der Waals surface area contributed by atoms with Crippen LogP contribution in [0.4, 0.5) is 4.39 Å². The van der Waals surface area contributed by atoms with Gasteiger partial charge in [0.1, 0.15) is 5.82 Å². The van der Waals surface area contributed by atoms with Crippen molar-refractivity contribution in [2.24, 2.45) is 0 Å². The van der Waals surface area contributed by atoms with Crippen LogP contribution in [0.25, 0.3) is 10.1 Å². The van der Waals surface area contributed by atoms with Gasteiger partial charge in [-0.15, -0.1) is 11.3 Å². The zero-order valence-corrected chi connectivity index (χ0v) is 13.5. The fourth-order valence-corrected chi connectivity index (χ4v) is 3.87. The molecule has 5 heteroatoms. The molecule has 1 nitrogen and oxygen atoms in total. The largest absolute Gasteiger partial charge is 0.309 e. The van der Waals surface area contributed by atoms with Gasteiger partial charge in [-0.05, 0) is 48.3 Å². The molecule has 0 bridgehead atoms. The maximum Gasteiger partial charge on any atom is 0.124 e. The van der Waals surface area contributed by atoms with Crippen LogP contribution < -0.4 is 5.32 Å². The zero-order valence-electron chi connectivity index (χ0n) is 11.2. The molecule has 3 aromatic rings. The van der Waals surface area contributed by atoms with Crippen LogP contribution >= 0.6 is 34.5 Å². The maximum atomic E-state index is 13.3. The Bertz CT molecular complexity index is 800. The predicted molar refractivity (Wildman–Crippen MR) is 89.1 cm³/mol. The number of rotatable bonds is 3. The van der Waals surface area contributed by atoms with E-state index in [9.17, 15) is 4.39 Å². The lowest BCUT2D eigenvalue weighted by Crippen LogP contribution is -2.16. The van der Waals surface area contributed by atoms with E-state index in [4.69, 9.17) is 23.2 Å². The van der Waals surface area contributed by atoms with Gasteiger partial charge in [0.05, 0.1) is 16.1 Å². The van der Waals surface area contributed by atoms with E-state index in [2.05, 4.69) is 11.4 Å². The quantitative estimate of drug-likeness (QED) is 0.649. The van der Waals surface area contributed by atoms with Crippen molar-refractivity contribution in [2.45, 2.75) is 6.04 Å². The summed E-state index contributed by atoms with van der Waals surface area (Å²) in [5, 5.41) is 5.38. The van der Waals surface area contributed by atoms with E-state index < -0.39 is 0 Å². The van der Waals surface area contributed by atoms with Crippen molar-refractivity contribution in [3.63, 3.8) is 0 Å². The highest BCUT2D eigenvalue weighted by molar-refractivity contribution is 7.19. The molecule has 2 aromatic carbocycles. The Kier molecular flexibility index (Phi) is 4.18. The summed E-state index contributed by atoms with van der Waals surface area (Å²) in [6.45, 7) is 0. The third-order valence-electron chi connectivity index (χ3n) is 3.35. The molecule has 108 valence electrons. The Morgan fingerprint density at radius 3 is 2.57 bits per heavy atom. The fourth-order valence-electron chi connectivity index (χ4n) is 2.33. The zero-order chi connectivity index (χ0) is 15.0. The summed E-state index contributed by atoms with van der Waals surface area (Å²) in [5.41, 5.74) is 1.03. The van der Waals surface area contributed by atoms with Crippen molar-refractivity contribution >= 4 is 44.6 Å². The van der Waals surface area contributed by atoms with E-state index in [0.717, 1.165) is 20.5 Å². The van der Waals surface area contributed by atoms with Gasteiger partial charge in [-0.3, -0.25) is 0 Å². The van der Waals surface area contributed by atoms with E-state index in [1.165, 1.54) is 6.07 Å². The summed E-state index contributed by atoms with van der Waals surface area (Å²) in [5.74, 6) is -0.216. The molecule has 21 heavy (non-hydrogen) atoms. The number of benzene rings is 2. The van der Waals surface area contributed by atoms with Gasteiger partial charge >= 0.3 is 0 Å². The lowest BCUT2D eigenvalue weighted by Gasteiger charge is -2.15. The molecule has 1 unspecified atom stereocenters. The van der Waals surface area contributed by atoms with Crippen LogP contribution in [-0.2, 0) is 0 Å². The van der Waals surface area contributed by atoms with Crippen LogP contribution in [0, 0.1) is 5.82 Å². The Morgan fingerprint density at radius 2 is 1.86 bits per heavy atom. The number of fused-ring (bicyclic) bond motifs is 1. The van der Waals surface area contributed by atoms with Crippen molar-refractivity contribution in [2.75, 3.05) is 7.05 Å². The molecule has 1 N–H and O–H groups in total. The highest BCUT2D eigenvalue weighted by atomic mass is 35.5. The molecule has 1 aromatic heterocycles. The van der Waals surface area contributed by atoms with Gasteiger partial charge in [-0.1, -0.05) is 35.3 Å². The van der Waals surface area contributed by atoms with E-state index in [1.54, 1.807) is 29.5 Å². The normalized spacial score (nSPS) is 12.8. The second-order valence-corrected chi connectivity index (χ2v) is 6.66. The van der Waals surface area contributed by atoms with Crippen molar-refractivity contribution in [3.05, 3.63) is 68.8 Å². The van der Waals surface area contributed by atoms with Crippen LogP contribution in [0.2, 0.25) is 10.0 Å². The van der Waals surface area contributed by atoms with Crippen LogP contribution in [0.3, 0.4) is 0 Å². The molecule has 1 heterocycles. The smallest absolute Gasteiger partial charge is 0.124 e.